The number of rotatable bonds is 12. The lowest BCUT2D eigenvalue weighted by Gasteiger charge is -2.24. The molecule has 4 nitrogen and oxygen atoms in total. The SMILES string of the molecule is CCCNCCCS(=O)(=O)N(CC)CC(CC)CC. The Morgan fingerprint density at radius 3 is 2.16 bits per heavy atom. The minimum Gasteiger partial charge on any atom is -0.317 e. The summed E-state index contributed by atoms with van der Waals surface area (Å²) in [6.07, 6.45) is 3.87. The fourth-order valence-corrected chi connectivity index (χ4v) is 3.68. The van der Waals surface area contributed by atoms with E-state index < -0.39 is 10.0 Å². The van der Waals surface area contributed by atoms with Gasteiger partial charge in [0.1, 0.15) is 0 Å². The van der Waals surface area contributed by atoms with Crippen LogP contribution < -0.4 is 5.32 Å². The largest absolute Gasteiger partial charge is 0.317 e. The van der Waals surface area contributed by atoms with Crippen LogP contribution in [-0.4, -0.2) is 44.7 Å². The molecule has 0 aromatic rings. The van der Waals surface area contributed by atoms with Gasteiger partial charge in [-0.3, -0.25) is 0 Å². The van der Waals surface area contributed by atoms with E-state index in [0.29, 0.717) is 25.4 Å². The normalized spacial score (nSPS) is 12.5. The highest BCUT2D eigenvalue weighted by atomic mass is 32.2. The van der Waals surface area contributed by atoms with Crippen LogP contribution in [0.2, 0.25) is 0 Å². The Morgan fingerprint density at radius 1 is 1.05 bits per heavy atom. The average molecular weight is 292 g/mol. The molecule has 0 heterocycles. The Morgan fingerprint density at radius 2 is 1.68 bits per heavy atom. The first kappa shape index (κ1) is 18.9. The average Bonchev–Trinajstić information content (AvgIpc) is 2.39. The first-order valence-corrected chi connectivity index (χ1v) is 9.31. The Bertz CT molecular complexity index is 301. The molecule has 0 aromatic carbocycles. The fourth-order valence-electron chi connectivity index (χ4n) is 2.08. The minimum atomic E-state index is -3.08. The van der Waals surface area contributed by atoms with E-state index in [0.717, 1.165) is 32.4 Å². The van der Waals surface area contributed by atoms with Gasteiger partial charge in [-0.25, -0.2) is 12.7 Å². The standard InChI is InChI=1S/C14H32N2O2S/c1-5-10-15-11-9-12-19(17,18)16(8-4)13-14(6-2)7-3/h14-15H,5-13H2,1-4H3. The van der Waals surface area contributed by atoms with E-state index in [1.807, 2.05) is 6.92 Å². The Balaban J connectivity index is 4.25. The second-order valence-electron chi connectivity index (χ2n) is 5.05. The van der Waals surface area contributed by atoms with E-state index in [2.05, 4.69) is 26.1 Å². The molecule has 0 aliphatic rings. The molecule has 0 atom stereocenters. The third kappa shape index (κ3) is 7.90. The van der Waals surface area contributed by atoms with Crippen molar-refractivity contribution in [2.24, 2.45) is 5.92 Å². The van der Waals surface area contributed by atoms with Gasteiger partial charge in [0.05, 0.1) is 5.75 Å². The van der Waals surface area contributed by atoms with Crippen LogP contribution in [0.4, 0.5) is 0 Å². The van der Waals surface area contributed by atoms with Crippen LogP contribution >= 0.6 is 0 Å². The molecule has 0 bridgehead atoms. The number of nitrogens with zero attached hydrogens (tertiary/aromatic N) is 1. The smallest absolute Gasteiger partial charge is 0.214 e. The third-order valence-electron chi connectivity index (χ3n) is 3.55. The molecule has 0 saturated heterocycles. The first-order valence-electron chi connectivity index (χ1n) is 7.70. The van der Waals surface area contributed by atoms with Crippen molar-refractivity contribution >= 4 is 10.0 Å². The molecule has 0 unspecified atom stereocenters. The highest BCUT2D eigenvalue weighted by molar-refractivity contribution is 7.89. The molecule has 0 amide bonds. The number of sulfonamides is 1. The summed E-state index contributed by atoms with van der Waals surface area (Å²) in [6, 6.07) is 0. The van der Waals surface area contributed by atoms with Crippen LogP contribution in [0.1, 0.15) is 53.4 Å². The summed E-state index contributed by atoms with van der Waals surface area (Å²) >= 11 is 0. The predicted octanol–water partition coefficient (Wildman–Crippen LogP) is 2.46. The van der Waals surface area contributed by atoms with Gasteiger partial charge >= 0.3 is 0 Å². The molecular weight excluding hydrogens is 260 g/mol. The summed E-state index contributed by atoms with van der Waals surface area (Å²) < 4.78 is 26.2. The van der Waals surface area contributed by atoms with Gasteiger partial charge in [-0.1, -0.05) is 40.5 Å². The molecule has 5 heteroatoms. The number of hydrogen-bond acceptors (Lipinski definition) is 3. The van der Waals surface area contributed by atoms with E-state index in [4.69, 9.17) is 0 Å². The Labute approximate surface area is 120 Å². The quantitative estimate of drug-likeness (QED) is 0.562. The van der Waals surface area contributed by atoms with E-state index in [-0.39, 0.29) is 5.75 Å². The zero-order valence-corrected chi connectivity index (χ0v) is 13.9. The topological polar surface area (TPSA) is 49.4 Å². The van der Waals surface area contributed by atoms with Gasteiger partial charge in [0.2, 0.25) is 10.0 Å². The van der Waals surface area contributed by atoms with Crippen molar-refractivity contribution in [2.45, 2.75) is 53.4 Å². The lowest BCUT2D eigenvalue weighted by atomic mass is 10.0. The lowest BCUT2D eigenvalue weighted by molar-refractivity contribution is 0.339. The van der Waals surface area contributed by atoms with Crippen molar-refractivity contribution in [3.05, 3.63) is 0 Å². The summed E-state index contributed by atoms with van der Waals surface area (Å²) in [6.45, 7) is 11.3. The molecule has 19 heavy (non-hydrogen) atoms. The van der Waals surface area contributed by atoms with Crippen LogP contribution in [0.5, 0.6) is 0 Å². The second kappa shape index (κ2) is 10.6. The molecule has 0 aliphatic carbocycles. The summed E-state index contributed by atoms with van der Waals surface area (Å²) in [5.74, 6) is 0.741. The van der Waals surface area contributed by atoms with Gasteiger partial charge in [0.25, 0.3) is 0 Å². The monoisotopic (exact) mass is 292 g/mol. The number of nitrogens with one attached hydrogen (secondary N) is 1. The maximum atomic E-state index is 12.3. The second-order valence-corrected chi connectivity index (χ2v) is 7.14. The summed E-state index contributed by atoms with van der Waals surface area (Å²) in [7, 11) is -3.08. The zero-order valence-electron chi connectivity index (χ0n) is 13.1. The van der Waals surface area contributed by atoms with Crippen LogP contribution in [0.3, 0.4) is 0 Å². The van der Waals surface area contributed by atoms with Crippen molar-refractivity contribution in [2.75, 3.05) is 31.9 Å². The van der Waals surface area contributed by atoms with E-state index in [1.165, 1.54) is 0 Å². The first-order chi connectivity index (χ1) is 9.01. The van der Waals surface area contributed by atoms with E-state index in [9.17, 15) is 8.42 Å². The molecule has 0 aromatic heterocycles. The number of hydrogen-bond donors (Lipinski definition) is 1. The molecule has 0 saturated carbocycles. The van der Waals surface area contributed by atoms with Gasteiger partial charge in [0.15, 0.2) is 0 Å². The van der Waals surface area contributed by atoms with Gasteiger partial charge in [0, 0.05) is 13.1 Å². The predicted molar refractivity (Wildman–Crippen MR) is 82.9 cm³/mol. The summed E-state index contributed by atoms with van der Waals surface area (Å²) in [4.78, 5) is 0. The molecule has 0 rings (SSSR count). The van der Waals surface area contributed by atoms with Gasteiger partial charge < -0.3 is 5.32 Å². The van der Waals surface area contributed by atoms with Crippen LogP contribution in [0.15, 0.2) is 0 Å². The fraction of sp³-hybridized carbons (Fsp3) is 1.00. The van der Waals surface area contributed by atoms with Crippen LogP contribution in [-0.2, 0) is 10.0 Å². The molecule has 0 fully saturated rings. The van der Waals surface area contributed by atoms with E-state index in [1.54, 1.807) is 4.31 Å². The van der Waals surface area contributed by atoms with Crippen LogP contribution in [0, 0.1) is 5.92 Å². The highest BCUT2D eigenvalue weighted by Gasteiger charge is 2.22. The molecule has 1 N–H and O–H groups in total. The molecular formula is C14H32N2O2S. The van der Waals surface area contributed by atoms with Crippen molar-refractivity contribution in [3.8, 4) is 0 Å². The molecule has 0 aliphatic heterocycles. The van der Waals surface area contributed by atoms with Crippen molar-refractivity contribution in [1.29, 1.82) is 0 Å². The van der Waals surface area contributed by atoms with Gasteiger partial charge in [-0.2, -0.15) is 0 Å². The zero-order chi connectivity index (χ0) is 14.7. The van der Waals surface area contributed by atoms with Gasteiger partial charge in [-0.15, -0.1) is 0 Å². The Hall–Kier alpha value is -0.130. The van der Waals surface area contributed by atoms with Crippen molar-refractivity contribution in [1.82, 2.24) is 9.62 Å². The minimum absolute atomic E-state index is 0.262. The van der Waals surface area contributed by atoms with Crippen molar-refractivity contribution in [3.63, 3.8) is 0 Å². The molecule has 0 radical (unpaired) electrons. The summed E-state index contributed by atoms with van der Waals surface area (Å²) in [5.41, 5.74) is 0. The maximum Gasteiger partial charge on any atom is 0.214 e. The van der Waals surface area contributed by atoms with Crippen molar-refractivity contribution < 1.29 is 8.42 Å². The molecule has 116 valence electrons. The highest BCUT2D eigenvalue weighted by Crippen LogP contribution is 2.13. The van der Waals surface area contributed by atoms with E-state index >= 15 is 0 Å². The maximum absolute atomic E-state index is 12.3. The van der Waals surface area contributed by atoms with Crippen LogP contribution in [0.25, 0.3) is 0 Å². The molecule has 0 spiro atoms. The Kier molecular flexibility index (Phi) is 10.6. The third-order valence-corrected chi connectivity index (χ3v) is 5.54. The lowest BCUT2D eigenvalue weighted by Crippen LogP contribution is -2.37. The summed E-state index contributed by atoms with van der Waals surface area (Å²) in [5, 5.41) is 3.24. The van der Waals surface area contributed by atoms with Gasteiger partial charge in [-0.05, 0) is 31.8 Å².